The maximum absolute atomic E-state index is 12.5. The fourth-order valence-corrected chi connectivity index (χ4v) is 6.96. The third kappa shape index (κ3) is 9.51. The van der Waals surface area contributed by atoms with Gasteiger partial charge in [0.2, 0.25) is 0 Å². The number of aliphatic imine (C=N–C) groups is 2. The Hall–Kier alpha value is -1.77. The molecule has 0 bridgehead atoms. The van der Waals surface area contributed by atoms with Gasteiger partial charge < -0.3 is 87.5 Å². The van der Waals surface area contributed by atoms with Crippen LogP contribution < -0.4 is 27.8 Å². The number of carbonyl (C=O) groups is 1. The predicted octanol–water partition coefficient (Wildman–Crippen LogP) is -6.57. The fraction of sp³-hybridized carbons (Fsp3) is 0.526. The van der Waals surface area contributed by atoms with Crippen LogP contribution in [0.1, 0.15) is 6.23 Å². The Morgan fingerprint density at radius 1 is 1.02 bits per heavy atom. The number of hydrogen-bond acceptors (Lipinski definition) is 19. The molecule has 1 amide bonds. The zero-order chi connectivity index (χ0) is 32.1. The Kier molecular flexibility index (Phi) is 15.6. The molecule has 2 saturated heterocycles. The maximum atomic E-state index is 12.5. The molecule has 270 valence electrons. The molecule has 1 aromatic heterocycles. The molecular weight excluding hydrogens is 818 g/mol. The van der Waals surface area contributed by atoms with E-state index >= 15 is 0 Å². The van der Waals surface area contributed by atoms with E-state index in [2.05, 4.69) is 34.4 Å². The van der Waals surface area contributed by atoms with Crippen molar-refractivity contribution in [3.63, 3.8) is 0 Å². The van der Waals surface area contributed by atoms with Gasteiger partial charge in [-0.25, -0.2) is 23.9 Å². The topological polar surface area (TPSA) is 408 Å². The molecule has 24 nitrogen and oxygen atoms in total. The minimum atomic E-state index is -5.37. The molecule has 0 radical (unpaired) electrons. The quantitative estimate of drug-likeness (QED) is 0.0650. The second kappa shape index (κ2) is 17.0. The van der Waals surface area contributed by atoms with Crippen LogP contribution in [0.5, 0.6) is 0 Å². The number of phosphoric acid groups is 2. The molecule has 48 heavy (non-hydrogen) atoms. The number of hydrogen-bond donors (Lipinski definition) is 8. The molecular formula is C19H30MoN8O16P2S2. The number of nitrogen functional groups attached to an aromatic ring is 1. The zero-order valence-electron chi connectivity index (χ0n) is 23.7. The van der Waals surface area contributed by atoms with E-state index in [9.17, 15) is 38.7 Å². The summed E-state index contributed by atoms with van der Waals surface area (Å²) in [5.41, 5.74) is 10.2. The Bertz CT molecular complexity index is 1600. The summed E-state index contributed by atoms with van der Waals surface area (Å²) in [6.07, 6.45) is -8.56. The van der Waals surface area contributed by atoms with Gasteiger partial charge in [0, 0.05) is 6.20 Å². The Morgan fingerprint density at radius 2 is 1.62 bits per heavy atom. The molecule has 4 unspecified atom stereocenters. The number of phosphoric ester groups is 2. The summed E-state index contributed by atoms with van der Waals surface area (Å²) in [7, 11) is -10.7. The number of nitrogens with two attached hydrogens (primary N) is 2. The molecule has 5 heterocycles. The van der Waals surface area contributed by atoms with Crippen LogP contribution in [0.3, 0.4) is 0 Å². The summed E-state index contributed by atoms with van der Waals surface area (Å²) in [6, 6.07) is 1.23. The van der Waals surface area contributed by atoms with Gasteiger partial charge in [-0.1, -0.05) is 0 Å². The average Bonchev–Trinajstić information content (AvgIpc) is 3.20. The number of anilines is 1. The summed E-state index contributed by atoms with van der Waals surface area (Å²) in [4.78, 5) is 56.2. The first-order valence-corrected chi connectivity index (χ1v) is 16.2. The maximum Gasteiger partial charge on any atom is 2.00 e. The monoisotopic (exact) mass is 850 g/mol. The van der Waals surface area contributed by atoms with Crippen molar-refractivity contribution in [2.75, 3.05) is 18.9 Å². The first-order valence-electron chi connectivity index (χ1n) is 12.3. The van der Waals surface area contributed by atoms with Crippen molar-refractivity contribution in [3.8, 4) is 0 Å². The number of amides is 1. The molecule has 0 spiro atoms. The van der Waals surface area contributed by atoms with Gasteiger partial charge in [-0.2, -0.15) is 14.2 Å². The van der Waals surface area contributed by atoms with Crippen LogP contribution in [0.4, 0.5) is 5.82 Å². The molecule has 16 N–H and O–H groups in total. The van der Waals surface area contributed by atoms with Crippen LogP contribution in [0.2, 0.25) is 0 Å². The third-order valence-electron chi connectivity index (χ3n) is 6.36. The molecule has 4 aliphatic heterocycles. The number of amidine groups is 1. The molecule has 0 aliphatic carbocycles. The van der Waals surface area contributed by atoms with E-state index in [1.165, 1.54) is 6.07 Å². The van der Waals surface area contributed by atoms with E-state index in [0.717, 1.165) is 10.8 Å². The van der Waals surface area contributed by atoms with Gasteiger partial charge in [0.25, 0.3) is 5.91 Å². The molecule has 0 aromatic carbocycles. The van der Waals surface area contributed by atoms with E-state index in [1.807, 2.05) is 0 Å². The second-order valence-electron chi connectivity index (χ2n) is 9.43. The zero-order valence-corrected chi connectivity index (χ0v) is 29.1. The van der Waals surface area contributed by atoms with Crippen LogP contribution in [0, 0.1) is 0 Å². The molecule has 4 aliphatic rings. The van der Waals surface area contributed by atoms with Crippen LogP contribution in [-0.2, 0) is 83.1 Å². The normalized spacial score (nSPS) is 31.6. The summed E-state index contributed by atoms with van der Waals surface area (Å²) in [5, 5.41) is 24.6. The van der Waals surface area contributed by atoms with Gasteiger partial charge >= 0.3 is 42.4 Å². The van der Waals surface area contributed by atoms with Gasteiger partial charge in [-0.05, 0) is 6.07 Å². The van der Waals surface area contributed by atoms with Crippen molar-refractivity contribution >= 4 is 64.2 Å². The van der Waals surface area contributed by atoms with Crippen molar-refractivity contribution in [2.24, 2.45) is 15.7 Å². The molecule has 2 fully saturated rings. The number of rotatable bonds is 9. The van der Waals surface area contributed by atoms with Gasteiger partial charge in [-0.3, -0.25) is 24.1 Å². The summed E-state index contributed by atoms with van der Waals surface area (Å²) >= 11 is 10.7. The SMILES string of the molecule is Nc1ccn([C@@H]2O[C@H](COP(=O)(O)OP(=O)(O)OC[C@H]3O[C@H]4N=C5NC(N)NC(=O)C5=NC4=C([S-])C3[S-])[C@@H](O)[C@H]2O)c(=O)n1.O.O.O.[Mo+2]. The van der Waals surface area contributed by atoms with Gasteiger partial charge in [0.15, 0.2) is 30.3 Å². The number of fused-ring (bicyclic) bond motifs is 2. The Labute approximate surface area is 294 Å². The van der Waals surface area contributed by atoms with Crippen LogP contribution in [0.25, 0.3) is 0 Å². The molecule has 29 heteroatoms. The van der Waals surface area contributed by atoms with Crippen molar-refractivity contribution in [1.29, 1.82) is 0 Å². The number of ether oxygens (including phenoxy) is 2. The first-order chi connectivity index (χ1) is 20.5. The summed E-state index contributed by atoms with van der Waals surface area (Å²) < 4.78 is 50.6. The minimum absolute atomic E-state index is 0. The number of nitrogens with one attached hydrogen (secondary N) is 2. The standard InChI is InChI=1S/C19H26N8O13P2S2.Mo.3H2O/c20-7-1-2-27(19(31)22-7)17-11(29)10(28)5(39-17)3-36-41(32,33)40-42(34,35)37-4-6-12(43)13(44)8-16(38-6)24-14-9(23-8)15(30)26-18(21)25-14;;;;/h1-2,5-6,10-12,16-18,28-29,43-44H,3-4,21H2,(H,24,25)(H,26,30)(H,32,33)(H,34,35)(H2,20,22,31);;3*1H2/q;+2;;;/p-2/t5-,6-,10-,11-,12?,16-,17-,18?;;;;/m1..../s1. The van der Waals surface area contributed by atoms with Gasteiger partial charge in [-0.15, -0.1) is 5.25 Å². The van der Waals surface area contributed by atoms with E-state index < -0.39 is 88.9 Å². The summed E-state index contributed by atoms with van der Waals surface area (Å²) in [5.74, 6) is -0.698. The van der Waals surface area contributed by atoms with Crippen molar-refractivity contribution in [3.05, 3.63) is 33.3 Å². The number of aliphatic hydroxyl groups is 2. The van der Waals surface area contributed by atoms with Gasteiger partial charge in [0.1, 0.15) is 24.1 Å². The first kappa shape index (κ1) is 44.2. The number of aromatic nitrogens is 2. The van der Waals surface area contributed by atoms with E-state index in [-0.39, 0.29) is 65.5 Å². The van der Waals surface area contributed by atoms with Crippen LogP contribution >= 0.6 is 15.6 Å². The minimum Gasteiger partial charge on any atom is -0.784 e. The molecule has 0 saturated carbocycles. The van der Waals surface area contributed by atoms with Crippen molar-refractivity contribution < 1.29 is 94.3 Å². The molecule has 1 aromatic rings. The van der Waals surface area contributed by atoms with Crippen molar-refractivity contribution in [2.45, 2.75) is 48.4 Å². The van der Waals surface area contributed by atoms with E-state index in [1.54, 1.807) is 0 Å². The average molecular weight is 849 g/mol. The molecule has 10 atom stereocenters. The Balaban J connectivity index is 0.00000288. The van der Waals surface area contributed by atoms with Crippen molar-refractivity contribution in [1.82, 2.24) is 20.2 Å². The van der Waals surface area contributed by atoms with Gasteiger partial charge in [0.05, 0.1) is 25.0 Å². The van der Waals surface area contributed by atoms with E-state index in [4.69, 9.17) is 50.7 Å². The van der Waals surface area contributed by atoms with Crippen LogP contribution in [0.15, 0.2) is 37.6 Å². The largest absolute Gasteiger partial charge is 2.00 e. The summed E-state index contributed by atoms with van der Waals surface area (Å²) in [6.45, 7) is -1.71. The predicted molar refractivity (Wildman–Crippen MR) is 161 cm³/mol. The third-order valence-corrected chi connectivity index (χ3v) is 10.1. The van der Waals surface area contributed by atoms with Crippen LogP contribution in [-0.4, -0.2) is 119 Å². The number of nitrogens with zero attached hydrogens (tertiary/aromatic N) is 4. The van der Waals surface area contributed by atoms with E-state index in [0.29, 0.717) is 0 Å². The number of carbonyl (C=O) groups excluding carboxylic acids is 1. The smallest absolute Gasteiger partial charge is 0.784 e. The Morgan fingerprint density at radius 3 is 2.23 bits per heavy atom. The fourth-order valence-electron chi connectivity index (χ4n) is 4.30. The second-order valence-corrected chi connectivity index (χ2v) is 13.4. The molecule has 5 rings (SSSR count). The number of aliphatic hydroxyl groups excluding tert-OH is 2.